The van der Waals surface area contributed by atoms with Gasteiger partial charge in [-0.25, -0.2) is 4.79 Å². The number of hydrogen-bond acceptors (Lipinski definition) is 2. The van der Waals surface area contributed by atoms with Gasteiger partial charge in [0.25, 0.3) is 0 Å². The van der Waals surface area contributed by atoms with E-state index in [4.69, 9.17) is 11.5 Å². The lowest BCUT2D eigenvalue weighted by Crippen LogP contribution is -2.37. The molecule has 0 heterocycles. The molecule has 0 aliphatic heterocycles. The molecule has 1 aromatic carbocycles. The van der Waals surface area contributed by atoms with Crippen molar-refractivity contribution in [3.63, 3.8) is 0 Å². The van der Waals surface area contributed by atoms with Gasteiger partial charge in [-0.1, -0.05) is 25.1 Å². The number of benzene rings is 1. The van der Waals surface area contributed by atoms with Crippen LogP contribution in [-0.2, 0) is 11.2 Å². The van der Waals surface area contributed by atoms with Crippen LogP contribution in [0.1, 0.15) is 31.7 Å². The highest BCUT2D eigenvalue weighted by molar-refractivity contribution is 5.90. The Balaban J connectivity index is 2.67. The average molecular weight is 288 g/mol. The van der Waals surface area contributed by atoms with Crippen molar-refractivity contribution in [3.05, 3.63) is 29.8 Å². The van der Waals surface area contributed by atoms with Crippen LogP contribution < -0.4 is 10.6 Å². The smallest absolute Gasteiger partial charge is 0.319 e. The minimum Gasteiger partial charge on any atom is -0.481 e. The number of anilines is 1. The summed E-state index contributed by atoms with van der Waals surface area (Å²) in [5, 5.41) is 14.3. The second kappa shape index (κ2) is 8.64. The summed E-state index contributed by atoms with van der Waals surface area (Å²) in [7, 11) is 0. The van der Waals surface area contributed by atoms with E-state index in [2.05, 4.69) is 16.6 Å². The van der Waals surface area contributed by atoms with Gasteiger partial charge in [0.1, 0.15) is 0 Å². The van der Waals surface area contributed by atoms with Crippen LogP contribution in [0.4, 0.5) is 10.5 Å². The van der Waals surface area contributed by atoms with Crippen LogP contribution in [0.25, 0.3) is 0 Å². The van der Waals surface area contributed by atoms with E-state index in [1.807, 2.05) is 13.0 Å². The van der Waals surface area contributed by atoms with Crippen molar-refractivity contribution in [2.24, 2.45) is 0 Å². The summed E-state index contributed by atoms with van der Waals surface area (Å²) in [5.74, 6) is 1.66. The van der Waals surface area contributed by atoms with Gasteiger partial charge in [0.2, 0.25) is 0 Å². The number of carboxylic acid groups (broad SMARTS) is 1. The number of para-hydroxylation sites is 1. The van der Waals surface area contributed by atoms with Gasteiger partial charge < -0.3 is 15.7 Å². The van der Waals surface area contributed by atoms with E-state index in [0.717, 1.165) is 12.0 Å². The van der Waals surface area contributed by atoms with E-state index in [1.165, 1.54) is 0 Å². The van der Waals surface area contributed by atoms with Crippen LogP contribution >= 0.6 is 0 Å². The standard InChI is InChI=1S/C16H20N2O3/c1-3-7-13(4-2)17-16(21)18-14-9-6-5-8-12(14)10-11-15(19)20/h1,5-6,8-9,13H,4,7,10-11H2,2H3,(H,19,20)(H2,17,18,21). The third kappa shape index (κ3) is 6.00. The lowest BCUT2D eigenvalue weighted by molar-refractivity contribution is -0.136. The highest BCUT2D eigenvalue weighted by atomic mass is 16.4. The summed E-state index contributed by atoms with van der Waals surface area (Å²) in [6, 6.07) is 6.75. The number of carboxylic acids is 1. The lowest BCUT2D eigenvalue weighted by atomic mass is 10.1. The predicted octanol–water partition coefficient (Wildman–Crippen LogP) is 2.63. The zero-order valence-electron chi connectivity index (χ0n) is 12.1. The summed E-state index contributed by atoms with van der Waals surface area (Å²) < 4.78 is 0. The fourth-order valence-corrected chi connectivity index (χ4v) is 1.89. The van der Waals surface area contributed by atoms with Gasteiger partial charge in [-0.05, 0) is 24.5 Å². The summed E-state index contributed by atoms with van der Waals surface area (Å²) in [6.07, 6.45) is 6.86. The molecule has 5 heteroatoms. The molecule has 1 rings (SSSR count). The van der Waals surface area contributed by atoms with E-state index in [-0.39, 0.29) is 18.5 Å². The molecule has 1 aromatic rings. The summed E-state index contributed by atoms with van der Waals surface area (Å²) in [5.41, 5.74) is 1.41. The highest BCUT2D eigenvalue weighted by Crippen LogP contribution is 2.17. The van der Waals surface area contributed by atoms with Crippen LogP contribution in [0, 0.1) is 12.3 Å². The highest BCUT2D eigenvalue weighted by Gasteiger charge is 2.11. The molecule has 0 spiro atoms. The summed E-state index contributed by atoms with van der Waals surface area (Å²) in [6.45, 7) is 1.95. The summed E-state index contributed by atoms with van der Waals surface area (Å²) >= 11 is 0. The van der Waals surface area contributed by atoms with E-state index in [9.17, 15) is 9.59 Å². The van der Waals surface area contributed by atoms with Crippen LogP contribution in [0.3, 0.4) is 0 Å². The van der Waals surface area contributed by atoms with Crippen molar-refractivity contribution in [2.45, 2.75) is 38.6 Å². The first-order valence-electron chi connectivity index (χ1n) is 6.87. The van der Waals surface area contributed by atoms with Crippen molar-refractivity contribution >= 4 is 17.7 Å². The largest absolute Gasteiger partial charge is 0.481 e. The monoisotopic (exact) mass is 288 g/mol. The Hall–Kier alpha value is -2.48. The number of aryl methyl sites for hydroxylation is 1. The Morgan fingerprint density at radius 2 is 2.10 bits per heavy atom. The average Bonchev–Trinajstić information content (AvgIpc) is 2.45. The normalized spacial score (nSPS) is 11.2. The topological polar surface area (TPSA) is 78.4 Å². The number of rotatable bonds is 7. The molecular weight excluding hydrogens is 268 g/mol. The first-order valence-corrected chi connectivity index (χ1v) is 6.87. The van der Waals surface area contributed by atoms with Crippen molar-refractivity contribution < 1.29 is 14.7 Å². The molecule has 21 heavy (non-hydrogen) atoms. The first-order chi connectivity index (χ1) is 10.1. The van der Waals surface area contributed by atoms with Gasteiger partial charge in [0, 0.05) is 24.6 Å². The van der Waals surface area contributed by atoms with E-state index >= 15 is 0 Å². The maximum atomic E-state index is 11.9. The van der Waals surface area contributed by atoms with Gasteiger partial charge in [-0.15, -0.1) is 12.3 Å². The van der Waals surface area contributed by atoms with Crippen LogP contribution in [0.2, 0.25) is 0 Å². The maximum absolute atomic E-state index is 11.9. The van der Waals surface area contributed by atoms with Gasteiger partial charge in [-0.2, -0.15) is 0 Å². The van der Waals surface area contributed by atoms with Gasteiger partial charge >= 0.3 is 12.0 Å². The number of terminal acetylenes is 1. The molecule has 0 fully saturated rings. The molecule has 3 N–H and O–H groups in total. The Bertz CT molecular complexity index is 535. The second-order valence-corrected chi connectivity index (χ2v) is 4.66. The zero-order chi connectivity index (χ0) is 15.7. The molecule has 0 saturated heterocycles. The number of urea groups is 1. The Morgan fingerprint density at radius 3 is 2.71 bits per heavy atom. The number of amides is 2. The molecule has 5 nitrogen and oxygen atoms in total. The van der Waals surface area contributed by atoms with Gasteiger partial charge in [0.05, 0.1) is 0 Å². The molecule has 1 atom stereocenters. The van der Waals surface area contributed by atoms with Crippen LogP contribution in [0.5, 0.6) is 0 Å². The van der Waals surface area contributed by atoms with Crippen molar-refractivity contribution in [3.8, 4) is 12.3 Å². The van der Waals surface area contributed by atoms with Crippen molar-refractivity contribution in [1.29, 1.82) is 0 Å². The fourth-order valence-electron chi connectivity index (χ4n) is 1.89. The predicted molar refractivity (Wildman–Crippen MR) is 82.1 cm³/mol. The molecule has 0 saturated carbocycles. The Labute approximate surface area is 124 Å². The van der Waals surface area contributed by atoms with Gasteiger partial charge in [0.15, 0.2) is 0 Å². The number of aliphatic carboxylic acids is 1. The number of carbonyl (C=O) groups excluding carboxylic acids is 1. The van der Waals surface area contributed by atoms with Crippen molar-refractivity contribution in [2.75, 3.05) is 5.32 Å². The Morgan fingerprint density at radius 1 is 1.38 bits per heavy atom. The third-order valence-corrected chi connectivity index (χ3v) is 3.07. The zero-order valence-corrected chi connectivity index (χ0v) is 12.1. The first kappa shape index (κ1) is 16.6. The van der Waals surface area contributed by atoms with E-state index < -0.39 is 5.97 Å². The van der Waals surface area contributed by atoms with Gasteiger partial charge in [-0.3, -0.25) is 4.79 Å². The number of hydrogen-bond donors (Lipinski definition) is 3. The molecule has 112 valence electrons. The lowest BCUT2D eigenvalue weighted by Gasteiger charge is -2.16. The number of nitrogens with one attached hydrogen (secondary N) is 2. The molecule has 0 radical (unpaired) electrons. The van der Waals surface area contributed by atoms with Crippen LogP contribution in [-0.4, -0.2) is 23.1 Å². The molecule has 0 aliphatic carbocycles. The molecule has 0 bridgehead atoms. The molecule has 2 amide bonds. The van der Waals surface area contributed by atoms with E-state index in [0.29, 0.717) is 18.5 Å². The van der Waals surface area contributed by atoms with E-state index in [1.54, 1.807) is 18.2 Å². The minimum atomic E-state index is -0.866. The Kier molecular flexibility index (Phi) is 6.82. The summed E-state index contributed by atoms with van der Waals surface area (Å²) in [4.78, 5) is 22.6. The second-order valence-electron chi connectivity index (χ2n) is 4.66. The quantitative estimate of drug-likeness (QED) is 0.675. The molecule has 0 aliphatic rings. The SMILES string of the molecule is C#CCC(CC)NC(=O)Nc1ccccc1CCC(=O)O. The van der Waals surface area contributed by atoms with Crippen LogP contribution in [0.15, 0.2) is 24.3 Å². The molecular formula is C16H20N2O3. The molecule has 0 aromatic heterocycles. The minimum absolute atomic E-state index is 0.0228. The van der Waals surface area contributed by atoms with Crippen molar-refractivity contribution in [1.82, 2.24) is 5.32 Å². The third-order valence-electron chi connectivity index (χ3n) is 3.07. The maximum Gasteiger partial charge on any atom is 0.319 e. The number of carbonyl (C=O) groups is 2. The fraction of sp³-hybridized carbons (Fsp3) is 0.375. The molecule has 1 unspecified atom stereocenters.